The second-order valence-corrected chi connectivity index (χ2v) is 7.01. The number of benzene rings is 2. The molecular weight excluding hydrogens is 442 g/mol. The molecule has 0 saturated carbocycles. The summed E-state index contributed by atoms with van der Waals surface area (Å²) in [5.41, 5.74) is 3.08. The summed E-state index contributed by atoms with van der Waals surface area (Å²) in [5, 5.41) is 29.0. The molecule has 0 bridgehead atoms. The van der Waals surface area contributed by atoms with Gasteiger partial charge in [0.15, 0.2) is 6.10 Å². The minimum atomic E-state index is -0.796. The van der Waals surface area contributed by atoms with Gasteiger partial charge in [0, 0.05) is 18.9 Å². The number of carbonyl (C=O) groups excluding carboxylic acids is 2. The van der Waals surface area contributed by atoms with Crippen LogP contribution in [0.1, 0.15) is 30.1 Å². The van der Waals surface area contributed by atoms with Gasteiger partial charge in [0.1, 0.15) is 12.4 Å². The smallest absolute Gasteiger partial charge is 0.412 e. The minimum Gasteiger partial charge on any atom is -0.491 e. The van der Waals surface area contributed by atoms with Crippen LogP contribution >= 0.6 is 0 Å². The Morgan fingerprint density at radius 3 is 2.44 bits per heavy atom. The number of aliphatic hydroxyl groups excluding tert-OH is 1. The molecule has 4 N–H and O–H groups in total. The number of nitrogens with zero attached hydrogens (tertiary/aromatic N) is 1. The number of nitrogens with one attached hydrogen (secondary N) is 2. The Hall–Kier alpha value is -3.91. The van der Waals surface area contributed by atoms with E-state index in [1.165, 1.54) is 18.7 Å². The first-order valence-corrected chi connectivity index (χ1v) is 10.5. The van der Waals surface area contributed by atoms with Crippen molar-refractivity contribution in [1.29, 1.82) is 5.26 Å². The Morgan fingerprint density at radius 2 is 1.85 bits per heavy atom. The van der Waals surface area contributed by atoms with E-state index in [1.807, 2.05) is 6.07 Å². The molecular formula is C24H27N3O7. The summed E-state index contributed by atoms with van der Waals surface area (Å²) < 4.78 is 16.7. The van der Waals surface area contributed by atoms with Crippen LogP contribution in [0, 0.1) is 11.3 Å². The second kappa shape index (κ2) is 14.3. The van der Waals surface area contributed by atoms with Crippen molar-refractivity contribution in [2.45, 2.75) is 25.0 Å². The maximum atomic E-state index is 12.6. The maximum absolute atomic E-state index is 12.6. The van der Waals surface area contributed by atoms with Gasteiger partial charge in [-0.05, 0) is 54.8 Å². The Morgan fingerprint density at radius 1 is 1.15 bits per heavy atom. The number of nitriles is 1. The number of amides is 2. The van der Waals surface area contributed by atoms with Crippen molar-refractivity contribution >= 4 is 17.7 Å². The summed E-state index contributed by atoms with van der Waals surface area (Å²) in [5.74, 6) is -0.104. The quantitative estimate of drug-likeness (QED) is 0.210. The van der Waals surface area contributed by atoms with Gasteiger partial charge in [-0.2, -0.15) is 5.26 Å². The highest BCUT2D eigenvalue weighted by atomic mass is 16.6. The highest BCUT2D eigenvalue weighted by Gasteiger charge is 2.27. The van der Waals surface area contributed by atoms with E-state index in [2.05, 4.69) is 5.32 Å². The number of allylic oxidation sites excluding steroid dienone is 1. The predicted molar refractivity (Wildman–Crippen MR) is 122 cm³/mol. The number of hydrogen-bond acceptors (Lipinski definition) is 8. The topological polar surface area (TPSA) is 150 Å². The lowest BCUT2D eigenvalue weighted by atomic mass is 10.00. The van der Waals surface area contributed by atoms with E-state index in [1.54, 1.807) is 54.6 Å². The van der Waals surface area contributed by atoms with Crippen LogP contribution in [0.2, 0.25) is 0 Å². The summed E-state index contributed by atoms with van der Waals surface area (Å²) in [6, 6.07) is 15.2. The number of rotatable bonds is 12. The molecule has 0 spiro atoms. The minimum absolute atomic E-state index is 0.115. The van der Waals surface area contributed by atoms with E-state index in [-0.39, 0.29) is 13.2 Å². The molecule has 2 atom stereocenters. The molecule has 34 heavy (non-hydrogen) atoms. The van der Waals surface area contributed by atoms with E-state index in [4.69, 9.17) is 29.8 Å². The maximum Gasteiger partial charge on any atom is 0.412 e. The molecule has 2 aromatic carbocycles. The van der Waals surface area contributed by atoms with Gasteiger partial charge in [-0.1, -0.05) is 18.2 Å². The summed E-state index contributed by atoms with van der Waals surface area (Å²) in [7, 11) is 1.49. The van der Waals surface area contributed by atoms with Crippen LogP contribution < -0.4 is 15.5 Å². The Labute approximate surface area is 197 Å². The SMILES string of the molecule is CO[C@@H](CC/C=C/C(=O)NO)[C@@H](OC(=O)Nc1ccc(C#N)cc1)c1ccc(OCCO)cc1. The number of hydrogen-bond donors (Lipinski definition) is 4. The van der Waals surface area contributed by atoms with Gasteiger partial charge in [-0.3, -0.25) is 15.3 Å². The van der Waals surface area contributed by atoms with Crippen LogP contribution in [0.5, 0.6) is 5.75 Å². The summed E-state index contributed by atoms with van der Waals surface area (Å²) in [6.07, 6.45) is 1.51. The lowest BCUT2D eigenvalue weighted by Gasteiger charge is -2.26. The van der Waals surface area contributed by atoms with Gasteiger partial charge in [-0.15, -0.1) is 0 Å². The second-order valence-electron chi connectivity index (χ2n) is 7.01. The fourth-order valence-electron chi connectivity index (χ4n) is 3.05. The van der Waals surface area contributed by atoms with Crippen molar-refractivity contribution in [2.75, 3.05) is 25.6 Å². The van der Waals surface area contributed by atoms with Gasteiger partial charge in [0.2, 0.25) is 0 Å². The fraction of sp³-hybridized carbons (Fsp3) is 0.292. The van der Waals surface area contributed by atoms with Crippen LogP contribution in [0.25, 0.3) is 0 Å². The molecule has 2 rings (SSSR count). The van der Waals surface area contributed by atoms with Crippen molar-refractivity contribution < 1.29 is 34.1 Å². The van der Waals surface area contributed by atoms with Crippen LogP contribution in [0.15, 0.2) is 60.7 Å². The zero-order chi connectivity index (χ0) is 24.8. The van der Waals surface area contributed by atoms with Crippen LogP contribution in [0.3, 0.4) is 0 Å². The molecule has 0 unspecified atom stereocenters. The first-order valence-electron chi connectivity index (χ1n) is 10.5. The van der Waals surface area contributed by atoms with Gasteiger partial charge in [-0.25, -0.2) is 10.3 Å². The monoisotopic (exact) mass is 469 g/mol. The highest BCUT2D eigenvalue weighted by molar-refractivity contribution is 5.86. The summed E-state index contributed by atoms with van der Waals surface area (Å²) in [6.45, 7) is 0.0390. The first kappa shape index (κ1) is 26.3. The van der Waals surface area contributed by atoms with Crippen LogP contribution in [-0.2, 0) is 14.3 Å². The predicted octanol–water partition coefficient (Wildman–Crippen LogP) is 3.08. The number of carbonyl (C=O) groups is 2. The average Bonchev–Trinajstić information content (AvgIpc) is 2.87. The third-order valence-electron chi connectivity index (χ3n) is 4.70. The molecule has 0 radical (unpaired) electrons. The van der Waals surface area contributed by atoms with Crippen molar-refractivity contribution in [3.8, 4) is 11.8 Å². The number of anilines is 1. The number of methoxy groups -OCH3 is 1. The zero-order valence-corrected chi connectivity index (χ0v) is 18.6. The molecule has 0 saturated heterocycles. The summed E-state index contributed by atoms with van der Waals surface area (Å²) >= 11 is 0. The van der Waals surface area contributed by atoms with Gasteiger partial charge in [0.25, 0.3) is 5.91 Å². The molecule has 180 valence electrons. The van der Waals surface area contributed by atoms with Gasteiger partial charge >= 0.3 is 6.09 Å². The van der Waals surface area contributed by atoms with E-state index in [0.717, 1.165) is 0 Å². The molecule has 10 heteroatoms. The molecule has 0 aromatic heterocycles. The normalized spacial score (nSPS) is 12.4. The lowest BCUT2D eigenvalue weighted by Crippen LogP contribution is -2.28. The molecule has 0 aliphatic heterocycles. The van der Waals surface area contributed by atoms with Crippen molar-refractivity contribution in [3.63, 3.8) is 0 Å². The Kier molecular flexibility index (Phi) is 11.1. The van der Waals surface area contributed by atoms with E-state index in [0.29, 0.717) is 35.4 Å². The standard InChI is InChI=1S/C24H27N3O7/c1-32-21(4-2-3-5-22(29)27-31)23(18-8-12-20(13-9-18)33-15-14-28)34-24(30)26-19-10-6-17(16-25)7-11-19/h3,5-13,21,23,28,31H,2,4,14-15H2,1H3,(H,26,30)(H,27,29)/b5-3+/t21-,23-/m0/s1. The number of hydroxylamine groups is 1. The van der Waals surface area contributed by atoms with E-state index < -0.39 is 24.2 Å². The van der Waals surface area contributed by atoms with E-state index >= 15 is 0 Å². The van der Waals surface area contributed by atoms with Crippen LogP contribution in [-0.4, -0.2) is 48.7 Å². The Balaban J connectivity index is 2.17. The van der Waals surface area contributed by atoms with Crippen molar-refractivity contribution in [1.82, 2.24) is 5.48 Å². The number of ether oxygens (including phenoxy) is 3. The Bertz CT molecular complexity index is 985. The van der Waals surface area contributed by atoms with Crippen LogP contribution in [0.4, 0.5) is 10.5 Å². The molecule has 10 nitrogen and oxygen atoms in total. The third-order valence-corrected chi connectivity index (χ3v) is 4.70. The van der Waals surface area contributed by atoms with E-state index in [9.17, 15) is 9.59 Å². The molecule has 0 fully saturated rings. The third kappa shape index (κ3) is 8.55. The lowest BCUT2D eigenvalue weighted by molar-refractivity contribution is -0.124. The molecule has 0 aliphatic rings. The molecule has 2 amide bonds. The largest absolute Gasteiger partial charge is 0.491 e. The van der Waals surface area contributed by atoms with Crippen molar-refractivity contribution in [3.05, 3.63) is 71.8 Å². The molecule has 0 heterocycles. The first-order chi connectivity index (χ1) is 16.5. The summed E-state index contributed by atoms with van der Waals surface area (Å²) in [4.78, 5) is 23.8. The highest BCUT2D eigenvalue weighted by Crippen LogP contribution is 2.29. The fourth-order valence-corrected chi connectivity index (χ4v) is 3.05. The average molecular weight is 469 g/mol. The zero-order valence-electron chi connectivity index (χ0n) is 18.6. The van der Waals surface area contributed by atoms with Gasteiger partial charge < -0.3 is 19.3 Å². The molecule has 0 aliphatic carbocycles. The van der Waals surface area contributed by atoms with Gasteiger partial charge in [0.05, 0.1) is 24.3 Å². The van der Waals surface area contributed by atoms with Crippen molar-refractivity contribution in [2.24, 2.45) is 0 Å². The number of aliphatic hydroxyl groups is 1. The molecule has 2 aromatic rings.